The van der Waals surface area contributed by atoms with Crippen molar-refractivity contribution in [2.45, 2.75) is 23.8 Å². The second-order valence-electron chi connectivity index (χ2n) is 8.60. The maximum Gasteiger partial charge on any atom is 0.308 e. The van der Waals surface area contributed by atoms with Gasteiger partial charge in [-0.05, 0) is 41.8 Å². The van der Waals surface area contributed by atoms with E-state index in [1.165, 1.54) is 49.9 Å². The zero-order chi connectivity index (χ0) is 27.3. The molecule has 4 rings (SSSR count). The largest absolute Gasteiger partial charge is 0.493 e. The van der Waals surface area contributed by atoms with Gasteiger partial charge in [0.2, 0.25) is 21.6 Å². The summed E-state index contributed by atoms with van der Waals surface area (Å²) in [5.74, 6) is -0.250. The summed E-state index contributed by atoms with van der Waals surface area (Å²) in [7, 11) is 0.443. The van der Waals surface area contributed by atoms with Gasteiger partial charge in [0.15, 0.2) is 18.1 Å². The van der Waals surface area contributed by atoms with Gasteiger partial charge in [-0.2, -0.15) is 4.31 Å². The van der Waals surface area contributed by atoms with E-state index < -0.39 is 34.4 Å². The van der Waals surface area contributed by atoms with Crippen LogP contribution in [0.1, 0.15) is 33.9 Å². The number of carbonyl (C=O) groups excluding carboxylic acids is 2. The summed E-state index contributed by atoms with van der Waals surface area (Å²) in [5, 5.41) is 0. The Morgan fingerprint density at radius 2 is 1.53 bits per heavy atom. The first-order valence-corrected chi connectivity index (χ1v) is 13.4. The number of ketones is 1. The number of methoxy groups -OCH3 is 3. The Morgan fingerprint density at radius 3 is 2.16 bits per heavy atom. The molecule has 1 atom stereocenters. The number of rotatable bonds is 10. The standard InChI is InChI=1S/C28H29NO8S/c1-34-25-15-20(16-26(35-2)28(25)36-3)24(30)18-37-27(31)17-23-22-12-8-7-9-19(22)13-14-29(23)38(32,33)21-10-5-4-6-11-21/h4-12,15-16,23H,13-14,17-18H2,1-3H3. The number of Topliss-reactive ketones (excluding diaryl/α,β-unsaturated/α-hetero) is 1. The molecular formula is C28H29NO8S. The molecule has 0 saturated heterocycles. The number of fused-ring (bicyclic) bond motifs is 1. The quantitative estimate of drug-likeness (QED) is 0.283. The number of nitrogens with zero attached hydrogens (tertiary/aromatic N) is 1. The van der Waals surface area contributed by atoms with Gasteiger partial charge in [0, 0.05) is 12.1 Å². The fraction of sp³-hybridized carbons (Fsp3) is 0.286. The van der Waals surface area contributed by atoms with Crippen LogP contribution in [-0.4, -0.2) is 59.0 Å². The molecule has 3 aromatic carbocycles. The molecule has 0 saturated carbocycles. The fourth-order valence-corrected chi connectivity index (χ4v) is 6.17. The third-order valence-electron chi connectivity index (χ3n) is 6.42. The van der Waals surface area contributed by atoms with Crippen molar-refractivity contribution >= 4 is 21.8 Å². The minimum Gasteiger partial charge on any atom is -0.493 e. The molecule has 1 aliphatic rings. The second kappa shape index (κ2) is 11.7. The Bertz CT molecular complexity index is 1400. The maximum atomic E-state index is 13.5. The summed E-state index contributed by atoms with van der Waals surface area (Å²) in [6.07, 6.45) is 0.277. The molecule has 0 amide bonds. The van der Waals surface area contributed by atoms with Crippen LogP contribution < -0.4 is 14.2 Å². The Hall–Kier alpha value is -3.89. The van der Waals surface area contributed by atoms with Crippen LogP contribution in [0.3, 0.4) is 0 Å². The lowest BCUT2D eigenvalue weighted by molar-refractivity contribution is -0.143. The van der Waals surface area contributed by atoms with E-state index in [4.69, 9.17) is 18.9 Å². The number of hydrogen-bond acceptors (Lipinski definition) is 8. The van der Waals surface area contributed by atoms with Gasteiger partial charge in [-0.25, -0.2) is 8.42 Å². The van der Waals surface area contributed by atoms with Crippen molar-refractivity contribution in [1.82, 2.24) is 4.31 Å². The zero-order valence-electron chi connectivity index (χ0n) is 21.4. The van der Waals surface area contributed by atoms with Crippen molar-refractivity contribution in [2.75, 3.05) is 34.5 Å². The van der Waals surface area contributed by atoms with Crippen molar-refractivity contribution in [3.63, 3.8) is 0 Å². The van der Waals surface area contributed by atoms with Crippen LogP contribution in [0.5, 0.6) is 17.2 Å². The molecule has 10 heteroatoms. The van der Waals surface area contributed by atoms with Gasteiger partial charge < -0.3 is 18.9 Å². The third kappa shape index (κ3) is 5.51. The summed E-state index contributed by atoms with van der Waals surface area (Å²) in [5.41, 5.74) is 1.92. The summed E-state index contributed by atoms with van der Waals surface area (Å²) >= 11 is 0. The number of benzene rings is 3. The molecule has 200 valence electrons. The van der Waals surface area contributed by atoms with Crippen LogP contribution in [0.2, 0.25) is 0 Å². The molecule has 0 spiro atoms. The smallest absolute Gasteiger partial charge is 0.308 e. The third-order valence-corrected chi connectivity index (χ3v) is 8.35. The van der Waals surface area contributed by atoms with Gasteiger partial charge in [-0.3, -0.25) is 9.59 Å². The van der Waals surface area contributed by atoms with E-state index in [9.17, 15) is 18.0 Å². The number of carbonyl (C=O) groups is 2. The van der Waals surface area contributed by atoms with E-state index in [-0.39, 0.29) is 23.4 Å². The molecule has 0 radical (unpaired) electrons. The summed E-state index contributed by atoms with van der Waals surface area (Å²) in [6.45, 7) is -0.312. The number of hydrogen-bond donors (Lipinski definition) is 0. The SMILES string of the molecule is COc1cc(C(=O)COC(=O)CC2c3ccccc3CCN2S(=O)(=O)c2ccccc2)cc(OC)c1OC. The Morgan fingerprint density at radius 1 is 0.895 bits per heavy atom. The van der Waals surface area contributed by atoms with Gasteiger partial charge in [-0.15, -0.1) is 0 Å². The van der Waals surface area contributed by atoms with E-state index in [1.54, 1.807) is 18.2 Å². The monoisotopic (exact) mass is 539 g/mol. The maximum absolute atomic E-state index is 13.5. The van der Waals surface area contributed by atoms with Gasteiger partial charge >= 0.3 is 5.97 Å². The lowest BCUT2D eigenvalue weighted by Crippen LogP contribution is -2.41. The van der Waals surface area contributed by atoms with Crippen LogP contribution >= 0.6 is 0 Å². The molecule has 1 aliphatic heterocycles. The first-order chi connectivity index (χ1) is 18.3. The lowest BCUT2D eigenvalue weighted by atomic mass is 9.92. The van der Waals surface area contributed by atoms with Crippen molar-refractivity contribution in [1.29, 1.82) is 0 Å². The van der Waals surface area contributed by atoms with Gasteiger partial charge in [0.25, 0.3) is 0 Å². The van der Waals surface area contributed by atoms with Crippen LogP contribution in [0, 0.1) is 0 Å². The van der Waals surface area contributed by atoms with Gasteiger partial charge in [0.05, 0.1) is 38.7 Å². The van der Waals surface area contributed by atoms with Crippen LogP contribution in [0.15, 0.2) is 71.6 Å². The highest BCUT2D eigenvalue weighted by Gasteiger charge is 2.37. The summed E-state index contributed by atoms with van der Waals surface area (Å²) in [6, 6.07) is 17.7. The first-order valence-electron chi connectivity index (χ1n) is 11.9. The van der Waals surface area contributed by atoms with Gasteiger partial charge in [0.1, 0.15) is 0 Å². The zero-order valence-corrected chi connectivity index (χ0v) is 22.2. The molecule has 0 aliphatic carbocycles. The number of sulfonamides is 1. The van der Waals surface area contributed by atoms with Crippen molar-refractivity contribution in [2.24, 2.45) is 0 Å². The highest BCUT2D eigenvalue weighted by atomic mass is 32.2. The Balaban J connectivity index is 1.53. The molecule has 1 heterocycles. The molecule has 0 aromatic heterocycles. The molecular weight excluding hydrogens is 510 g/mol. The normalized spacial score (nSPS) is 15.3. The minimum absolute atomic E-state index is 0.148. The molecule has 0 N–H and O–H groups in total. The van der Waals surface area contributed by atoms with E-state index in [0.717, 1.165) is 11.1 Å². The second-order valence-corrected chi connectivity index (χ2v) is 10.5. The van der Waals surface area contributed by atoms with E-state index in [2.05, 4.69) is 0 Å². The first kappa shape index (κ1) is 27.2. The average Bonchev–Trinajstić information content (AvgIpc) is 2.95. The molecule has 0 bridgehead atoms. The van der Waals surface area contributed by atoms with Crippen LogP contribution in [-0.2, 0) is 26.0 Å². The summed E-state index contributed by atoms with van der Waals surface area (Å²) < 4.78 is 49.5. The number of esters is 1. The van der Waals surface area contributed by atoms with Gasteiger partial charge in [-0.1, -0.05) is 42.5 Å². The van der Waals surface area contributed by atoms with Crippen molar-refractivity contribution < 1.29 is 37.0 Å². The molecule has 0 fully saturated rings. The highest BCUT2D eigenvalue weighted by molar-refractivity contribution is 7.89. The number of ether oxygens (including phenoxy) is 4. The topological polar surface area (TPSA) is 108 Å². The highest BCUT2D eigenvalue weighted by Crippen LogP contribution is 2.39. The Kier molecular flexibility index (Phi) is 8.33. The van der Waals surface area contributed by atoms with E-state index in [1.807, 2.05) is 24.3 Å². The Labute approximate surface area is 221 Å². The van der Waals surface area contributed by atoms with Crippen LogP contribution in [0.25, 0.3) is 0 Å². The fourth-order valence-electron chi connectivity index (χ4n) is 4.54. The van der Waals surface area contributed by atoms with E-state index in [0.29, 0.717) is 23.7 Å². The van der Waals surface area contributed by atoms with Crippen molar-refractivity contribution in [3.8, 4) is 17.2 Å². The average molecular weight is 540 g/mol. The molecule has 9 nitrogen and oxygen atoms in total. The lowest BCUT2D eigenvalue weighted by Gasteiger charge is -2.36. The summed E-state index contributed by atoms with van der Waals surface area (Å²) in [4.78, 5) is 25.9. The predicted octanol–water partition coefficient (Wildman–Crippen LogP) is 3.82. The van der Waals surface area contributed by atoms with Crippen molar-refractivity contribution in [3.05, 3.63) is 83.4 Å². The van der Waals surface area contributed by atoms with Crippen LogP contribution in [0.4, 0.5) is 0 Å². The molecule has 1 unspecified atom stereocenters. The predicted molar refractivity (Wildman–Crippen MR) is 139 cm³/mol. The minimum atomic E-state index is -3.88. The molecule has 3 aromatic rings. The van der Waals surface area contributed by atoms with E-state index >= 15 is 0 Å². The molecule has 38 heavy (non-hydrogen) atoms.